The average molecular weight is 305 g/mol. The van der Waals surface area contributed by atoms with Crippen LogP contribution in [0.3, 0.4) is 0 Å². The van der Waals surface area contributed by atoms with E-state index in [1.165, 1.54) is 0 Å². The first-order valence-electron chi connectivity index (χ1n) is 6.34. The van der Waals surface area contributed by atoms with Crippen LogP contribution in [-0.2, 0) is 6.54 Å². The van der Waals surface area contributed by atoms with Crippen LogP contribution in [0.4, 0.5) is 8.78 Å². The molecule has 1 heterocycles. The van der Waals surface area contributed by atoms with Crippen LogP contribution >= 0.6 is 11.6 Å². The van der Waals surface area contributed by atoms with Gasteiger partial charge in [-0.05, 0) is 35.9 Å². The zero-order valence-corrected chi connectivity index (χ0v) is 11.7. The molecule has 0 radical (unpaired) electrons. The topological polar surface area (TPSA) is 38.9 Å². The SMILES string of the molecule is NCc1cc2cccc(Cl)c2nc1-c1cc(F)ccc1F. The summed E-state index contributed by atoms with van der Waals surface area (Å²) in [5, 5.41) is 1.26. The van der Waals surface area contributed by atoms with Crippen LogP contribution in [-0.4, -0.2) is 4.98 Å². The van der Waals surface area contributed by atoms with Gasteiger partial charge in [0.1, 0.15) is 11.6 Å². The molecule has 0 atom stereocenters. The Hall–Kier alpha value is -2.04. The minimum atomic E-state index is -0.551. The van der Waals surface area contributed by atoms with Crippen LogP contribution in [0.5, 0.6) is 0 Å². The highest BCUT2D eigenvalue weighted by Crippen LogP contribution is 2.30. The monoisotopic (exact) mass is 304 g/mol. The maximum Gasteiger partial charge on any atom is 0.132 e. The molecule has 0 unspecified atom stereocenters. The molecule has 106 valence electrons. The van der Waals surface area contributed by atoms with E-state index < -0.39 is 11.6 Å². The van der Waals surface area contributed by atoms with Gasteiger partial charge in [0, 0.05) is 17.5 Å². The second-order valence-electron chi connectivity index (χ2n) is 4.64. The Balaban J connectivity index is 2.35. The highest BCUT2D eigenvalue weighted by atomic mass is 35.5. The predicted molar refractivity (Wildman–Crippen MR) is 80.0 cm³/mol. The van der Waals surface area contributed by atoms with Crippen LogP contribution in [0.15, 0.2) is 42.5 Å². The van der Waals surface area contributed by atoms with Crippen molar-refractivity contribution >= 4 is 22.5 Å². The number of pyridine rings is 1. The minimum absolute atomic E-state index is 0.0808. The van der Waals surface area contributed by atoms with Gasteiger partial charge in [0.05, 0.1) is 16.2 Å². The third-order valence-corrected chi connectivity index (χ3v) is 3.58. The third kappa shape index (κ3) is 2.48. The Morgan fingerprint density at radius 1 is 1.10 bits per heavy atom. The summed E-state index contributed by atoms with van der Waals surface area (Å²) in [7, 11) is 0. The zero-order valence-electron chi connectivity index (χ0n) is 10.9. The molecule has 5 heteroatoms. The predicted octanol–water partition coefficient (Wildman–Crippen LogP) is 4.29. The number of halogens is 3. The van der Waals surface area contributed by atoms with Crippen molar-refractivity contribution in [2.24, 2.45) is 5.73 Å². The van der Waals surface area contributed by atoms with Gasteiger partial charge in [0.25, 0.3) is 0 Å². The van der Waals surface area contributed by atoms with Crippen molar-refractivity contribution in [3.63, 3.8) is 0 Å². The van der Waals surface area contributed by atoms with E-state index in [2.05, 4.69) is 4.98 Å². The Morgan fingerprint density at radius 3 is 2.67 bits per heavy atom. The third-order valence-electron chi connectivity index (χ3n) is 3.28. The molecular formula is C16H11ClF2N2. The fraction of sp³-hybridized carbons (Fsp3) is 0.0625. The molecule has 1 aromatic heterocycles. The van der Waals surface area contributed by atoms with E-state index in [1.807, 2.05) is 6.07 Å². The van der Waals surface area contributed by atoms with Gasteiger partial charge in [-0.15, -0.1) is 0 Å². The number of benzene rings is 2. The highest BCUT2D eigenvalue weighted by molar-refractivity contribution is 6.35. The van der Waals surface area contributed by atoms with E-state index in [4.69, 9.17) is 17.3 Å². The van der Waals surface area contributed by atoms with Gasteiger partial charge in [-0.3, -0.25) is 0 Å². The summed E-state index contributed by atoms with van der Waals surface area (Å²) in [4.78, 5) is 4.40. The highest BCUT2D eigenvalue weighted by Gasteiger charge is 2.14. The largest absolute Gasteiger partial charge is 0.326 e. The summed E-state index contributed by atoms with van der Waals surface area (Å²) >= 11 is 6.12. The van der Waals surface area contributed by atoms with Crippen LogP contribution in [0.2, 0.25) is 5.02 Å². The number of hydrogen-bond donors (Lipinski definition) is 1. The van der Waals surface area contributed by atoms with E-state index in [9.17, 15) is 8.78 Å². The summed E-state index contributed by atoms with van der Waals surface area (Å²) in [5.74, 6) is -1.08. The average Bonchev–Trinajstić information content (AvgIpc) is 2.49. The quantitative estimate of drug-likeness (QED) is 0.767. The van der Waals surface area contributed by atoms with Crippen LogP contribution in [0.1, 0.15) is 5.56 Å². The smallest absolute Gasteiger partial charge is 0.132 e. The van der Waals surface area contributed by atoms with Gasteiger partial charge >= 0.3 is 0 Å². The first-order valence-corrected chi connectivity index (χ1v) is 6.71. The molecule has 3 aromatic rings. The molecular weight excluding hydrogens is 294 g/mol. The summed E-state index contributed by atoms with van der Waals surface area (Å²) in [6, 6.07) is 10.4. The van der Waals surface area contributed by atoms with Gasteiger partial charge in [-0.1, -0.05) is 23.7 Å². The maximum absolute atomic E-state index is 14.0. The molecule has 2 aromatic carbocycles. The Kier molecular flexibility index (Phi) is 3.57. The Bertz CT molecular complexity index is 834. The molecule has 0 spiro atoms. The second kappa shape index (κ2) is 5.39. The molecule has 0 aliphatic rings. The summed E-state index contributed by atoms with van der Waals surface area (Å²) in [6.45, 7) is 0.167. The van der Waals surface area contributed by atoms with Crippen molar-refractivity contribution in [2.45, 2.75) is 6.54 Å². The van der Waals surface area contributed by atoms with Gasteiger partial charge in [-0.2, -0.15) is 0 Å². The lowest BCUT2D eigenvalue weighted by atomic mass is 10.0. The number of nitrogens with zero attached hydrogens (tertiary/aromatic N) is 1. The van der Waals surface area contributed by atoms with Crippen molar-refractivity contribution in [3.05, 3.63) is 64.7 Å². The van der Waals surface area contributed by atoms with Crippen LogP contribution < -0.4 is 5.73 Å². The molecule has 0 aliphatic carbocycles. The lowest BCUT2D eigenvalue weighted by molar-refractivity contribution is 0.602. The number of fused-ring (bicyclic) bond motifs is 1. The van der Waals surface area contributed by atoms with Gasteiger partial charge in [-0.25, -0.2) is 13.8 Å². The summed E-state index contributed by atoms with van der Waals surface area (Å²) in [6.07, 6.45) is 0. The lowest BCUT2D eigenvalue weighted by Gasteiger charge is -2.11. The molecule has 0 saturated carbocycles. The Morgan fingerprint density at radius 2 is 1.90 bits per heavy atom. The normalized spacial score (nSPS) is 11.0. The summed E-state index contributed by atoms with van der Waals surface area (Å²) in [5.41, 5.74) is 7.28. The molecule has 0 aliphatic heterocycles. The van der Waals surface area contributed by atoms with Crippen LogP contribution in [0.25, 0.3) is 22.2 Å². The number of nitrogens with two attached hydrogens (primary N) is 1. The van der Waals surface area contributed by atoms with Crippen molar-refractivity contribution < 1.29 is 8.78 Å². The van der Waals surface area contributed by atoms with Crippen LogP contribution in [0, 0.1) is 11.6 Å². The van der Waals surface area contributed by atoms with Gasteiger partial charge < -0.3 is 5.73 Å². The van der Waals surface area contributed by atoms with Crippen molar-refractivity contribution in [2.75, 3.05) is 0 Å². The number of aromatic nitrogens is 1. The van der Waals surface area contributed by atoms with E-state index in [0.717, 1.165) is 23.6 Å². The van der Waals surface area contributed by atoms with E-state index in [1.54, 1.807) is 18.2 Å². The van der Waals surface area contributed by atoms with Crippen molar-refractivity contribution in [3.8, 4) is 11.3 Å². The lowest BCUT2D eigenvalue weighted by Crippen LogP contribution is -2.03. The van der Waals surface area contributed by atoms with E-state index in [-0.39, 0.29) is 12.1 Å². The molecule has 21 heavy (non-hydrogen) atoms. The molecule has 2 nitrogen and oxygen atoms in total. The molecule has 3 rings (SSSR count). The molecule has 0 amide bonds. The minimum Gasteiger partial charge on any atom is -0.326 e. The second-order valence-corrected chi connectivity index (χ2v) is 5.04. The first kappa shape index (κ1) is 13.9. The van der Waals surface area contributed by atoms with Gasteiger partial charge in [0.15, 0.2) is 0 Å². The zero-order chi connectivity index (χ0) is 15.0. The van der Waals surface area contributed by atoms with Crippen molar-refractivity contribution in [1.29, 1.82) is 0 Å². The van der Waals surface area contributed by atoms with E-state index >= 15 is 0 Å². The van der Waals surface area contributed by atoms with Crippen molar-refractivity contribution in [1.82, 2.24) is 4.98 Å². The Labute approximate surface area is 125 Å². The fourth-order valence-electron chi connectivity index (χ4n) is 2.27. The number of rotatable bonds is 2. The molecule has 0 fully saturated rings. The number of hydrogen-bond acceptors (Lipinski definition) is 2. The van der Waals surface area contributed by atoms with Gasteiger partial charge in [0.2, 0.25) is 0 Å². The first-order chi connectivity index (χ1) is 10.1. The molecule has 0 saturated heterocycles. The van der Waals surface area contributed by atoms with E-state index in [0.29, 0.717) is 21.8 Å². The standard InChI is InChI=1S/C16H11ClF2N2/c17-13-3-1-2-9-6-10(8-20)15(21-16(9)13)12-7-11(18)4-5-14(12)19/h1-7H,8,20H2. The summed E-state index contributed by atoms with van der Waals surface area (Å²) < 4.78 is 27.4. The molecule has 2 N–H and O–H groups in total. The maximum atomic E-state index is 14.0. The fourth-order valence-corrected chi connectivity index (χ4v) is 2.50. The molecule has 0 bridgehead atoms. The number of para-hydroxylation sites is 1.